The highest BCUT2D eigenvalue weighted by atomic mass is 32.2. The number of hydrogen-bond acceptors (Lipinski definition) is 5. The predicted molar refractivity (Wildman–Crippen MR) is 122 cm³/mol. The summed E-state index contributed by atoms with van der Waals surface area (Å²) in [6.07, 6.45) is 1.15. The zero-order valence-electron chi connectivity index (χ0n) is 18.8. The van der Waals surface area contributed by atoms with E-state index in [0.29, 0.717) is 23.4 Å². The summed E-state index contributed by atoms with van der Waals surface area (Å²) in [5, 5.41) is 4.56. The topological polar surface area (TPSA) is 78.3 Å². The van der Waals surface area contributed by atoms with E-state index in [2.05, 4.69) is 5.10 Å². The van der Waals surface area contributed by atoms with Gasteiger partial charge in [-0.1, -0.05) is 32.9 Å². The number of halogens is 1. The highest BCUT2D eigenvalue weighted by molar-refractivity contribution is 7.90. The molecule has 0 amide bonds. The molecule has 1 heterocycles. The second-order valence-corrected chi connectivity index (χ2v) is 10.6. The average Bonchev–Trinajstić information content (AvgIpc) is 3.09. The molecule has 0 unspecified atom stereocenters. The lowest BCUT2D eigenvalue weighted by Gasteiger charge is -2.16. The molecule has 0 saturated carbocycles. The maximum Gasteiger partial charge on any atom is 0.241 e. The maximum atomic E-state index is 13.5. The van der Waals surface area contributed by atoms with Gasteiger partial charge in [0, 0.05) is 23.8 Å². The first-order valence-electron chi connectivity index (χ1n) is 10.2. The number of hydrogen-bond donors (Lipinski definition) is 0. The van der Waals surface area contributed by atoms with Crippen LogP contribution in [0, 0.1) is 11.2 Å². The summed E-state index contributed by atoms with van der Waals surface area (Å²) >= 11 is 0. The molecule has 0 fully saturated rings. The van der Waals surface area contributed by atoms with Crippen LogP contribution in [0.1, 0.15) is 27.7 Å². The summed E-state index contributed by atoms with van der Waals surface area (Å²) < 4.78 is 44.9. The lowest BCUT2D eigenvalue weighted by molar-refractivity contribution is -0.128. The number of Topliss-reactive ketones (excluding diaryl/α,β-unsaturated/α-hetero) is 1. The van der Waals surface area contributed by atoms with Crippen molar-refractivity contribution < 1.29 is 22.3 Å². The molecule has 0 N–H and O–H groups in total. The second-order valence-electron chi connectivity index (χ2n) is 8.61. The Morgan fingerprint density at radius 1 is 1.03 bits per heavy atom. The Kier molecular flexibility index (Phi) is 6.55. The van der Waals surface area contributed by atoms with Crippen molar-refractivity contribution in [2.75, 3.05) is 12.9 Å². The van der Waals surface area contributed by atoms with Crippen molar-refractivity contribution >= 4 is 15.6 Å². The molecule has 0 atom stereocenters. The molecular weight excluding hydrogens is 431 g/mol. The van der Waals surface area contributed by atoms with Crippen molar-refractivity contribution in [3.05, 3.63) is 54.3 Å². The number of ether oxygens (including phenoxy) is 1. The molecule has 8 heteroatoms. The van der Waals surface area contributed by atoms with Crippen LogP contribution >= 0.6 is 0 Å². The maximum absolute atomic E-state index is 13.5. The number of nitrogens with zero attached hydrogens (tertiary/aromatic N) is 2. The van der Waals surface area contributed by atoms with Crippen molar-refractivity contribution in [2.24, 2.45) is 5.41 Å². The van der Waals surface area contributed by atoms with E-state index in [1.165, 1.54) is 24.3 Å². The number of sulfone groups is 1. The third-order valence-corrected chi connectivity index (χ3v) is 6.21. The molecule has 0 radical (unpaired) electrons. The van der Waals surface area contributed by atoms with Gasteiger partial charge in [-0.25, -0.2) is 12.8 Å². The fourth-order valence-corrected chi connectivity index (χ4v) is 3.78. The van der Waals surface area contributed by atoms with Crippen molar-refractivity contribution in [3.63, 3.8) is 0 Å². The third-order valence-electron chi connectivity index (χ3n) is 5.09. The second kappa shape index (κ2) is 8.86. The van der Waals surface area contributed by atoms with Crippen LogP contribution in [0.15, 0.2) is 53.4 Å². The minimum Gasteiger partial charge on any atom is -0.468 e. The lowest BCUT2D eigenvalue weighted by Crippen LogP contribution is -2.26. The fraction of sp³-hybridized carbons (Fsp3) is 0.333. The Balaban J connectivity index is 2.17. The monoisotopic (exact) mass is 458 g/mol. The smallest absolute Gasteiger partial charge is 0.241 e. The molecule has 1 aromatic heterocycles. The van der Waals surface area contributed by atoms with Crippen LogP contribution in [0.2, 0.25) is 0 Å². The Labute approximate surface area is 188 Å². The van der Waals surface area contributed by atoms with Crippen LogP contribution < -0.4 is 4.74 Å². The quantitative estimate of drug-likeness (QED) is 0.509. The Bertz CT molecular complexity index is 1220. The predicted octanol–water partition coefficient (Wildman–Crippen LogP) is 4.77. The van der Waals surface area contributed by atoms with Gasteiger partial charge in [-0.3, -0.25) is 9.48 Å². The summed E-state index contributed by atoms with van der Waals surface area (Å²) in [6.45, 7) is 7.73. The van der Waals surface area contributed by atoms with E-state index in [0.717, 1.165) is 11.8 Å². The molecule has 32 heavy (non-hydrogen) atoms. The number of ketones is 1. The number of aromatic nitrogens is 2. The van der Waals surface area contributed by atoms with E-state index < -0.39 is 15.3 Å². The Morgan fingerprint density at radius 2 is 1.59 bits per heavy atom. The van der Waals surface area contributed by atoms with Crippen LogP contribution in [0.5, 0.6) is 5.88 Å². The Hall–Kier alpha value is -3.00. The van der Waals surface area contributed by atoms with Crippen molar-refractivity contribution in [1.82, 2.24) is 9.78 Å². The Morgan fingerprint density at radius 3 is 2.09 bits per heavy atom. The number of benzene rings is 2. The number of aryl methyl sites for hydroxylation is 1. The van der Waals surface area contributed by atoms with Gasteiger partial charge in [-0.2, -0.15) is 0 Å². The summed E-state index contributed by atoms with van der Waals surface area (Å²) in [6, 6.07) is 12.4. The number of carbonyl (C=O) groups is 1. The normalized spacial score (nSPS) is 12.1. The molecule has 3 rings (SSSR count). The van der Waals surface area contributed by atoms with Crippen LogP contribution in [-0.2, 0) is 21.2 Å². The van der Waals surface area contributed by atoms with Gasteiger partial charge in [-0.15, -0.1) is 5.10 Å². The first-order valence-corrected chi connectivity index (χ1v) is 12.1. The highest BCUT2D eigenvalue weighted by Gasteiger charge is 2.26. The zero-order chi connectivity index (χ0) is 23.7. The van der Waals surface area contributed by atoms with Crippen molar-refractivity contribution in [3.8, 4) is 28.3 Å². The van der Waals surface area contributed by atoms with Gasteiger partial charge in [0.25, 0.3) is 0 Å². The first-order chi connectivity index (χ1) is 14.9. The SMILES string of the molecule is CCn1nc(OCC(=O)C(C)(C)C)c(-c2ccc(S(C)(=O)=O)cc2)c1-c1ccc(F)cc1. The molecule has 2 aromatic carbocycles. The molecule has 6 nitrogen and oxygen atoms in total. The largest absolute Gasteiger partial charge is 0.468 e. The van der Waals surface area contributed by atoms with Crippen LogP contribution in [0.4, 0.5) is 4.39 Å². The number of rotatable bonds is 7. The van der Waals surface area contributed by atoms with E-state index in [4.69, 9.17) is 4.74 Å². The van der Waals surface area contributed by atoms with E-state index in [9.17, 15) is 17.6 Å². The molecule has 0 aliphatic rings. The molecule has 0 aliphatic carbocycles. The van der Waals surface area contributed by atoms with Gasteiger partial charge in [-0.05, 0) is 48.9 Å². The molecule has 0 spiro atoms. The standard InChI is InChI=1S/C24H27FN2O4S/c1-6-27-22(17-7-11-18(25)12-8-17)21(16-9-13-19(14-10-16)32(5,29)30)23(26-27)31-15-20(28)24(2,3)4/h7-14H,6,15H2,1-5H3. The molecule has 170 valence electrons. The van der Waals surface area contributed by atoms with E-state index >= 15 is 0 Å². The molecule has 0 bridgehead atoms. The lowest BCUT2D eigenvalue weighted by atomic mass is 9.91. The molecule has 3 aromatic rings. The highest BCUT2D eigenvalue weighted by Crippen LogP contribution is 2.40. The average molecular weight is 459 g/mol. The van der Waals surface area contributed by atoms with Gasteiger partial charge < -0.3 is 4.74 Å². The van der Waals surface area contributed by atoms with Gasteiger partial charge in [0.05, 0.1) is 16.2 Å². The van der Waals surface area contributed by atoms with Gasteiger partial charge in [0.1, 0.15) is 12.4 Å². The summed E-state index contributed by atoms with van der Waals surface area (Å²) in [5.41, 5.74) is 2.14. The van der Waals surface area contributed by atoms with Gasteiger partial charge in [0.15, 0.2) is 15.6 Å². The zero-order valence-corrected chi connectivity index (χ0v) is 19.7. The number of carbonyl (C=O) groups excluding carboxylic acids is 1. The van der Waals surface area contributed by atoms with E-state index in [1.54, 1.807) is 28.9 Å². The fourth-order valence-electron chi connectivity index (χ4n) is 3.15. The first kappa shape index (κ1) is 23.7. The van der Waals surface area contributed by atoms with Crippen molar-refractivity contribution in [2.45, 2.75) is 39.1 Å². The van der Waals surface area contributed by atoms with E-state index in [-0.39, 0.29) is 29.0 Å². The van der Waals surface area contributed by atoms with Gasteiger partial charge in [0.2, 0.25) is 5.88 Å². The van der Waals surface area contributed by atoms with Crippen LogP contribution in [-0.4, -0.2) is 36.8 Å². The summed E-state index contributed by atoms with van der Waals surface area (Å²) in [5.74, 6) is -0.177. The van der Waals surface area contributed by atoms with Crippen molar-refractivity contribution in [1.29, 1.82) is 0 Å². The minimum absolute atomic E-state index is 0.0785. The summed E-state index contributed by atoms with van der Waals surface area (Å²) in [4.78, 5) is 12.6. The van der Waals surface area contributed by atoms with Crippen LogP contribution in [0.25, 0.3) is 22.4 Å². The van der Waals surface area contributed by atoms with Crippen LogP contribution in [0.3, 0.4) is 0 Å². The summed E-state index contributed by atoms with van der Waals surface area (Å²) in [7, 11) is -3.35. The molecule has 0 aliphatic heterocycles. The third kappa shape index (κ3) is 5.07. The molecule has 0 saturated heterocycles. The van der Waals surface area contributed by atoms with Gasteiger partial charge >= 0.3 is 0 Å². The van der Waals surface area contributed by atoms with E-state index in [1.807, 2.05) is 27.7 Å². The molecular formula is C24H27FN2O4S. The minimum atomic E-state index is -3.35.